The first-order valence-electron chi connectivity index (χ1n) is 4.85. The van der Waals surface area contributed by atoms with Crippen LogP contribution in [0.5, 0.6) is 0 Å². The van der Waals surface area contributed by atoms with Gasteiger partial charge in [0, 0.05) is 12.6 Å². The highest BCUT2D eigenvalue weighted by atomic mass is 15.3. The minimum Gasteiger partial charge on any atom is -0.316 e. The highest BCUT2D eigenvalue weighted by molar-refractivity contribution is 4.88. The fourth-order valence-corrected chi connectivity index (χ4v) is 1.79. The molecule has 2 rings (SSSR count). The van der Waals surface area contributed by atoms with Crippen molar-refractivity contribution >= 4 is 0 Å². The normalized spacial score (nSPS) is 36.8. The van der Waals surface area contributed by atoms with Gasteiger partial charge < -0.3 is 5.32 Å². The van der Waals surface area contributed by atoms with Gasteiger partial charge in [-0.2, -0.15) is 0 Å². The molecule has 2 saturated heterocycles. The van der Waals surface area contributed by atoms with E-state index in [0.717, 1.165) is 12.0 Å². The number of hydrogen-bond donors (Lipinski definition) is 1. The summed E-state index contributed by atoms with van der Waals surface area (Å²) in [5.74, 6) is 0.994. The Hall–Kier alpha value is -0.0800. The minimum atomic E-state index is 0.947. The lowest BCUT2D eigenvalue weighted by Gasteiger charge is -2.27. The van der Waals surface area contributed by atoms with Crippen molar-refractivity contribution in [2.24, 2.45) is 5.92 Å². The maximum Gasteiger partial charge on any atom is 0.0221 e. The zero-order valence-corrected chi connectivity index (χ0v) is 7.34. The van der Waals surface area contributed by atoms with Crippen LogP contribution in [0.25, 0.3) is 0 Å². The van der Waals surface area contributed by atoms with Gasteiger partial charge in [-0.3, -0.25) is 4.90 Å². The second kappa shape index (κ2) is 3.11. The first kappa shape index (κ1) is 7.56. The summed E-state index contributed by atoms with van der Waals surface area (Å²) in [5, 5.41) is 3.31. The number of hydrogen-bond acceptors (Lipinski definition) is 2. The Bertz CT molecular complexity index is 132. The highest BCUT2D eigenvalue weighted by Gasteiger charge is 2.32. The van der Waals surface area contributed by atoms with Gasteiger partial charge in [0.2, 0.25) is 0 Å². The molecule has 2 fully saturated rings. The van der Waals surface area contributed by atoms with E-state index >= 15 is 0 Å². The third-order valence-corrected chi connectivity index (χ3v) is 2.99. The van der Waals surface area contributed by atoms with Crippen LogP contribution in [-0.4, -0.2) is 37.1 Å². The fraction of sp³-hybridized carbons (Fsp3) is 1.00. The molecular formula is C9H18N2. The molecule has 2 heteroatoms. The molecule has 0 saturated carbocycles. The Labute approximate surface area is 69.0 Å². The lowest BCUT2D eigenvalue weighted by atomic mass is 10.00. The van der Waals surface area contributed by atoms with Gasteiger partial charge in [0.05, 0.1) is 0 Å². The van der Waals surface area contributed by atoms with Gasteiger partial charge in [-0.25, -0.2) is 0 Å². The van der Waals surface area contributed by atoms with Crippen molar-refractivity contribution in [3.05, 3.63) is 0 Å². The molecule has 0 aromatic carbocycles. The van der Waals surface area contributed by atoms with Gasteiger partial charge in [-0.05, 0) is 38.4 Å². The zero-order chi connectivity index (χ0) is 7.68. The van der Waals surface area contributed by atoms with E-state index in [1.54, 1.807) is 0 Å². The Morgan fingerprint density at radius 1 is 1.45 bits per heavy atom. The molecule has 1 N–H and O–H groups in total. The Morgan fingerprint density at radius 2 is 2.27 bits per heavy atom. The van der Waals surface area contributed by atoms with E-state index in [1.165, 1.54) is 39.0 Å². The van der Waals surface area contributed by atoms with Crippen LogP contribution in [0.1, 0.15) is 19.8 Å². The highest BCUT2D eigenvalue weighted by Crippen LogP contribution is 2.22. The molecule has 0 radical (unpaired) electrons. The quantitative estimate of drug-likeness (QED) is 0.599. The number of nitrogens with zero attached hydrogens (tertiary/aromatic N) is 1. The van der Waals surface area contributed by atoms with Gasteiger partial charge in [0.15, 0.2) is 0 Å². The monoisotopic (exact) mass is 154 g/mol. The maximum atomic E-state index is 3.31. The SMILES string of the molecule is CCC1CN1CCC1CNC1. The molecule has 0 aliphatic carbocycles. The molecule has 64 valence electrons. The summed E-state index contributed by atoms with van der Waals surface area (Å²) >= 11 is 0. The molecule has 2 unspecified atom stereocenters. The van der Waals surface area contributed by atoms with Crippen molar-refractivity contribution in [3.63, 3.8) is 0 Å². The molecule has 0 spiro atoms. The summed E-state index contributed by atoms with van der Waals surface area (Å²) in [5.41, 5.74) is 0. The smallest absolute Gasteiger partial charge is 0.0221 e. The largest absolute Gasteiger partial charge is 0.316 e. The van der Waals surface area contributed by atoms with Crippen LogP contribution >= 0.6 is 0 Å². The summed E-state index contributed by atoms with van der Waals surface area (Å²) in [7, 11) is 0. The van der Waals surface area contributed by atoms with Gasteiger partial charge in [-0.15, -0.1) is 0 Å². The molecule has 0 amide bonds. The average molecular weight is 154 g/mol. The van der Waals surface area contributed by atoms with E-state index in [2.05, 4.69) is 17.1 Å². The fourth-order valence-electron chi connectivity index (χ4n) is 1.79. The van der Waals surface area contributed by atoms with Gasteiger partial charge >= 0.3 is 0 Å². The summed E-state index contributed by atoms with van der Waals surface area (Å²) < 4.78 is 0. The van der Waals surface area contributed by atoms with Crippen molar-refractivity contribution in [2.45, 2.75) is 25.8 Å². The van der Waals surface area contributed by atoms with Crippen LogP contribution in [0.4, 0.5) is 0 Å². The molecule has 2 atom stereocenters. The maximum absolute atomic E-state index is 3.31. The first-order valence-corrected chi connectivity index (χ1v) is 4.85. The van der Waals surface area contributed by atoms with Crippen LogP contribution in [0, 0.1) is 5.92 Å². The zero-order valence-electron chi connectivity index (χ0n) is 7.34. The van der Waals surface area contributed by atoms with E-state index in [9.17, 15) is 0 Å². The molecule has 2 aliphatic rings. The molecule has 2 heterocycles. The second-order valence-corrected chi connectivity index (χ2v) is 3.87. The third-order valence-electron chi connectivity index (χ3n) is 2.99. The molecule has 0 aromatic heterocycles. The van der Waals surface area contributed by atoms with Crippen molar-refractivity contribution in [1.29, 1.82) is 0 Å². The van der Waals surface area contributed by atoms with Crippen LogP contribution in [-0.2, 0) is 0 Å². The Balaban J connectivity index is 1.54. The first-order chi connectivity index (χ1) is 5.40. The molecule has 0 bridgehead atoms. The van der Waals surface area contributed by atoms with Crippen LogP contribution in [0.15, 0.2) is 0 Å². The Morgan fingerprint density at radius 3 is 2.73 bits per heavy atom. The predicted molar refractivity (Wildman–Crippen MR) is 46.6 cm³/mol. The van der Waals surface area contributed by atoms with Gasteiger partial charge in [-0.1, -0.05) is 6.92 Å². The van der Waals surface area contributed by atoms with Crippen molar-refractivity contribution in [3.8, 4) is 0 Å². The molecular weight excluding hydrogens is 136 g/mol. The van der Waals surface area contributed by atoms with Crippen molar-refractivity contribution in [1.82, 2.24) is 10.2 Å². The van der Waals surface area contributed by atoms with E-state index < -0.39 is 0 Å². The molecule has 2 aliphatic heterocycles. The van der Waals surface area contributed by atoms with Crippen LogP contribution in [0.3, 0.4) is 0 Å². The summed E-state index contributed by atoms with van der Waals surface area (Å²) in [6, 6.07) is 0.947. The van der Waals surface area contributed by atoms with Crippen molar-refractivity contribution < 1.29 is 0 Å². The van der Waals surface area contributed by atoms with Gasteiger partial charge in [0.25, 0.3) is 0 Å². The topological polar surface area (TPSA) is 15.0 Å². The predicted octanol–water partition coefficient (Wildman–Crippen LogP) is 0.690. The molecule has 11 heavy (non-hydrogen) atoms. The number of nitrogens with one attached hydrogen (secondary N) is 1. The van der Waals surface area contributed by atoms with E-state index in [0.29, 0.717) is 0 Å². The van der Waals surface area contributed by atoms with Crippen molar-refractivity contribution in [2.75, 3.05) is 26.2 Å². The van der Waals surface area contributed by atoms with E-state index in [4.69, 9.17) is 0 Å². The van der Waals surface area contributed by atoms with Gasteiger partial charge in [0.1, 0.15) is 0 Å². The van der Waals surface area contributed by atoms with Crippen LogP contribution in [0.2, 0.25) is 0 Å². The minimum absolute atomic E-state index is 0.947. The number of rotatable bonds is 4. The summed E-state index contributed by atoms with van der Waals surface area (Å²) in [6.07, 6.45) is 2.77. The summed E-state index contributed by atoms with van der Waals surface area (Å²) in [4.78, 5) is 2.60. The van der Waals surface area contributed by atoms with E-state index in [1.807, 2.05) is 0 Å². The standard InChI is InChI=1S/C9H18N2/c1-2-9-7-11(9)4-3-8-5-10-6-8/h8-10H,2-7H2,1H3. The lowest BCUT2D eigenvalue weighted by Crippen LogP contribution is -2.42. The van der Waals surface area contributed by atoms with E-state index in [-0.39, 0.29) is 0 Å². The van der Waals surface area contributed by atoms with Crippen LogP contribution < -0.4 is 5.32 Å². The average Bonchev–Trinajstić information content (AvgIpc) is 2.64. The second-order valence-electron chi connectivity index (χ2n) is 3.87. The lowest BCUT2D eigenvalue weighted by molar-refractivity contribution is 0.301. The molecule has 0 aromatic rings. The Kier molecular flexibility index (Phi) is 2.14. The summed E-state index contributed by atoms with van der Waals surface area (Å²) in [6.45, 7) is 7.55. The molecule has 2 nitrogen and oxygen atoms in total. The third kappa shape index (κ3) is 1.74.